The number of ether oxygens (including phenoxy) is 1. The fourth-order valence-electron chi connectivity index (χ4n) is 2.79. The minimum absolute atomic E-state index is 0.101. The predicted molar refractivity (Wildman–Crippen MR) is 105 cm³/mol. The third-order valence-corrected chi connectivity index (χ3v) is 5.47. The van der Waals surface area contributed by atoms with Gasteiger partial charge < -0.3 is 19.8 Å². The van der Waals surface area contributed by atoms with Gasteiger partial charge in [-0.2, -0.15) is 0 Å². The first kappa shape index (κ1) is 20.0. The largest absolute Gasteiger partial charge is 0.467 e. The summed E-state index contributed by atoms with van der Waals surface area (Å²) in [5.41, 5.74) is 0.739. The second-order valence-electron chi connectivity index (χ2n) is 6.36. The normalized spacial score (nSPS) is 16.6. The molecular weight excluding hydrogens is 380 g/mol. The lowest BCUT2D eigenvalue weighted by Crippen LogP contribution is -2.38. The van der Waals surface area contributed by atoms with Crippen LogP contribution in [0.3, 0.4) is 0 Å². The number of nitrogens with one attached hydrogen (secondary N) is 2. The predicted octanol–water partition coefficient (Wildman–Crippen LogP) is 3.11. The van der Waals surface area contributed by atoms with Gasteiger partial charge in [-0.1, -0.05) is 25.5 Å². The summed E-state index contributed by atoms with van der Waals surface area (Å²) in [5.74, 6) is -0.574. The zero-order valence-electron chi connectivity index (χ0n) is 15.5. The molecule has 8 heteroatoms. The fourth-order valence-corrected chi connectivity index (χ4v) is 3.89. The maximum Gasteiger partial charge on any atom is 0.308 e. The van der Waals surface area contributed by atoms with E-state index < -0.39 is 17.3 Å². The molecule has 0 unspecified atom stereocenters. The van der Waals surface area contributed by atoms with Crippen LogP contribution in [0.25, 0.3) is 0 Å². The highest BCUT2D eigenvalue weighted by atomic mass is 32.2. The van der Waals surface area contributed by atoms with Crippen molar-refractivity contribution in [3.8, 4) is 0 Å². The van der Waals surface area contributed by atoms with Crippen molar-refractivity contribution in [3.05, 3.63) is 48.4 Å². The van der Waals surface area contributed by atoms with Gasteiger partial charge in [-0.3, -0.25) is 14.4 Å². The van der Waals surface area contributed by atoms with Crippen molar-refractivity contribution >= 4 is 35.2 Å². The molecule has 2 amide bonds. The second-order valence-corrected chi connectivity index (χ2v) is 7.60. The Morgan fingerprint density at radius 1 is 1.29 bits per heavy atom. The highest BCUT2D eigenvalue weighted by Crippen LogP contribution is 2.36. The molecule has 148 valence electrons. The molecule has 0 bridgehead atoms. The third kappa shape index (κ3) is 5.16. The van der Waals surface area contributed by atoms with Gasteiger partial charge in [0, 0.05) is 4.90 Å². The van der Waals surface area contributed by atoms with E-state index in [4.69, 9.17) is 9.15 Å². The van der Waals surface area contributed by atoms with Crippen molar-refractivity contribution in [1.82, 2.24) is 5.32 Å². The van der Waals surface area contributed by atoms with E-state index in [1.165, 1.54) is 18.0 Å². The number of fused-ring (bicyclic) bond motifs is 1. The number of hydrogen-bond donors (Lipinski definition) is 2. The van der Waals surface area contributed by atoms with Crippen LogP contribution in [-0.4, -0.2) is 29.1 Å². The van der Waals surface area contributed by atoms with Crippen molar-refractivity contribution in [3.63, 3.8) is 0 Å². The molecule has 0 fully saturated rings. The summed E-state index contributed by atoms with van der Waals surface area (Å²) in [5, 5.41) is 4.91. The maximum absolute atomic E-state index is 12.4. The number of thioether (sulfide) groups is 1. The number of carbonyl (C=O) groups is 3. The van der Waals surface area contributed by atoms with E-state index in [2.05, 4.69) is 10.6 Å². The minimum atomic E-state index is -0.892. The average Bonchev–Trinajstić information content (AvgIpc) is 3.20. The number of para-hydroxylation sites is 1. The van der Waals surface area contributed by atoms with Crippen LogP contribution in [0.1, 0.15) is 31.9 Å². The number of anilines is 1. The molecule has 1 aromatic heterocycles. The van der Waals surface area contributed by atoms with Crippen molar-refractivity contribution in [2.75, 3.05) is 5.32 Å². The van der Waals surface area contributed by atoms with Crippen LogP contribution < -0.4 is 10.6 Å². The summed E-state index contributed by atoms with van der Waals surface area (Å²) >= 11 is 1.32. The lowest BCUT2D eigenvalue weighted by molar-refractivity contribution is -0.156. The second kappa shape index (κ2) is 9.45. The summed E-state index contributed by atoms with van der Waals surface area (Å²) < 4.78 is 10.6. The molecule has 1 aliphatic heterocycles. The van der Waals surface area contributed by atoms with Crippen molar-refractivity contribution in [2.24, 2.45) is 0 Å². The Morgan fingerprint density at radius 3 is 2.86 bits per heavy atom. The number of benzene rings is 1. The SMILES string of the molecule is CCC[C@@H](OC(=O)C[C@@H]1Sc2ccccc2NC1=O)C(=O)NCc1ccco1. The third-order valence-electron chi connectivity index (χ3n) is 4.19. The minimum Gasteiger partial charge on any atom is -0.467 e. The van der Waals surface area contributed by atoms with Gasteiger partial charge in [0.2, 0.25) is 5.91 Å². The number of carbonyl (C=O) groups excluding carboxylic acids is 3. The lowest BCUT2D eigenvalue weighted by Gasteiger charge is -2.24. The summed E-state index contributed by atoms with van der Waals surface area (Å²) in [6, 6.07) is 10.9. The Hall–Kier alpha value is -2.74. The summed E-state index contributed by atoms with van der Waals surface area (Å²) in [6.07, 6.45) is 1.62. The van der Waals surface area contributed by atoms with Crippen molar-refractivity contribution in [1.29, 1.82) is 0 Å². The molecule has 0 saturated carbocycles. The topological polar surface area (TPSA) is 97.6 Å². The van der Waals surface area contributed by atoms with Gasteiger partial charge >= 0.3 is 5.97 Å². The Balaban J connectivity index is 1.55. The van der Waals surface area contributed by atoms with E-state index in [0.717, 1.165) is 10.6 Å². The van der Waals surface area contributed by atoms with E-state index in [9.17, 15) is 14.4 Å². The van der Waals surface area contributed by atoms with Gasteiger partial charge in [0.15, 0.2) is 6.10 Å². The number of hydrogen-bond acceptors (Lipinski definition) is 6. The molecule has 1 aromatic carbocycles. The summed E-state index contributed by atoms with van der Waals surface area (Å²) in [7, 11) is 0. The highest BCUT2D eigenvalue weighted by molar-refractivity contribution is 8.01. The highest BCUT2D eigenvalue weighted by Gasteiger charge is 2.31. The summed E-state index contributed by atoms with van der Waals surface area (Å²) in [6.45, 7) is 2.13. The number of furan rings is 1. The summed E-state index contributed by atoms with van der Waals surface area (Å²) in [4.78, 5) is 37.9. The molecule has 2 atom stereocenters. The van der Waals surface area contributed by atoms with Gasteiger partial charge in [-0.15, -0.1) is 11.8 Å². The van der Waals surface area contributed by atoms with Crippen molar-refractivity contribution < 1.29 is 23.5 Å². The number of rotatable bonds is 8. The van der Waals surface area contributed by atoms with Crippen LogP contribution in [0.15, 0.2) is 52.0 Å². The standard InChI is InChI=1S/C20H22N2O5S/c1-2-6-15(19(24)21-12-13-7-5-10-26-13)27-18(23)11-17-20(25)22-14-8-3-4-9-16(14)28-17/h3-5,7-10,15,17H,2,6,11-12H2,1H3,(H,21,24)(H,22,25)/t15-,17+/m1/s1. The molecule has 2 heterocycles. The molecule has 0 aliphatic carbocycles. The maximum atomic E-state index is 12.4. The Bertz CT molecular complexity index is 837. The molecule has 1 aliphatic rings. The lowest BCUT2D eigenvalue weighted by atomic mass is 10.2. The first-order valence-corrected chi connectivity index (χ1v) is 10.0. The van der Waals surface area contributed by atoms with Crippen LogP contribution in [0.4, 0.5) is 5.69 Å². The Kier molecular flexibility index (Phi) is 6.76. The molecule has 3 rings (SSSR count). The monoisotopic (exact) mass is 402 g/mol. The first-order chi connectivity index (χ1) is 13.6. The van der Waals surface area contributed by atoms with Gasteiger partial charge in [0.1, 0.15) is 5.76 Å². The van der Waals surface area contributed by atoms with E-state index in [1.54, 1.807) is 12.1 Å². The van der Waals surface area contributed by atoms with E-state index in [1.807, 2.05) is 31.2 Å². The van der Waals surface area contributed by atoms with Crippen LogP contribution in [0.5, 0.6) is 0 Å². The average molecular weight is 402 g/mol. The number of esters is 1. The van der Waals surface area contributed by atoms with Crippen LogP contribution in [0.2, 0.25) is 0 Å². The van der Waals surface area contributed by atoms with Crippen LogP contribution in [-0.2, 0) is 25.7 Å². The molecule has 2 aromatic rings. The van der Waals surface area contributed by atoms with Crippen LogP contribution >= 0.6 is 11.8 Å². The molecule has 0 radical (unpaired) electrons. The fraction of sp³-hybridized carbons (Fsp3) is 0.350. The van der Waals surface area contributed by atoms with E-state index >= 15 is 0 Å². The van der Waals surface area contributed by atoms with Gasteiger partial charge in [0.05, 0.1) is 30.2 Å². The zero-order chi connectivity index (χ0) is 19.9. The smallest absolute Gasteiger partial charge is 0.308 e. The van der Waals surface area contributed by atoms with Gasteiger partial charge in [-0.25, -0.2) is 0 Å². The Morgan fingerprint density at radius 2 is 2.11 bits per heavy atom. The van der Waals surface area contributed by atoms with Crippen molar-refractivity contribution in [2.45, 2.75) is 49.0 Å². The van der Waals surface area contributed by atoms with Crippen LogP contribution in [0, 0.1) is 0 Å². The Labute approximate surface area is 167 Å². The zero-order valence-corrected chi connectivity index (χ0v) is 16.3. The molecule has 0 spiro atoms. The molecule has 0 saturated heterocycles. The molecule has 28 heavy (non-hydrogen) atoms. The molecule has 7 nitrogen and oxygen atoms in total. The first-order valence-electron chi connectivity index (χ1n) is 9.13. The molecule has 2 N–H and O–H groups in total. The van der Waals surface area contributed by atoms with Gasteiger partial charge in [-0.05, 0) is 30.7 Å². The molecular formula is C20H22N2O5S. The van der Waals surface area contributed by atoms with E-state index in [0.29, 0.717) is 18.6 Å². The quantitative estimate of drug-likeness (QED) is 0.659. The van der Waals surface area contributed by atoms with Gasteiger partial charge in [0.25, 0.3) is 5.91 Å². The van der Waals surface area contributed by atoms with E-state index in [-0.39, 0.29) is 24.8 Å². The number of amides is 2.